The van der Waals surface area contributed by atoms with Crippen LogP contribution in [0.1, 0.15) is 21.5 Å². The maximum atomic E-state index is 10.9. The summed E-state index contributed by atoms with van der Waals surface area (Å²) >= 11 is 0. The average molecular weight is 267 g/mol. The van der Waals surface area contributed by atoms with Crippen LogP contribution in [0.2, 0.25) is 0 Å². The van der Waals surface area contributed by atoms with Crippen molar-refractivity contribution in [3.63, 3.8) is 0 Å². The van der Waals surface area contributed by atoms with Gasteiger partial charge in [0.05, 0.1) is 5.56 Å². The number of anilines is 1. The van der Waals surface area contributed by atoms with Gasteiger partial charge in [-0.25, -0.2) is 4.79 Å². The van der Waals surface area contributed by atoms with Crippen LogP contribution in [0.25, 0.3) is 12.2 Å². The van der Waals surface area contributed by atoms with E-state index >= 15 is 0 Å². The molecule has 0 unspecified atom stereocenters. The van der Waals surface area contributed by atoms with E-state index in [0.29, 0.717) is 5.56 Å². The largest absolute Gasteiger partial charge is 0.478 e. The van der Waals surface area contributed by atoms with Crippen molar-refractivity contribution in [3.8, 4) is 0 Å². The molecule has 20 heavy (non-hydrogen) atoms. The van der Waals surface area contributed by atoms with E-state index in [0.717, 1.165) is 16.8 Å². The Balaban J connectivity index is 2.16. The van der Waals surface area contributed by atoms with Gasteiger partial charge in [0.1, 0.15) is 0 Å². The van der Waals surface area contributed by atoms with Gasteiger partial charge in [-0.1, -0.05) is 36.4 Å². The van der Waals surface area contributed by atoms with Crippen molar-refractivity contribution in [1.29, 1.82) is 0 Å². The number of hydrogen-bond acceptors (Lipinski definition) is 2. The minimum atomic E-state index is -0.907. The predicted molar refractivity (Wildman–Crippen MR) is 83.1 cm³/mol. The van der Waals surface area contributed by atoms with Crippen LogP contribution >= 0.6 is 0 Å². The molecule has 0 aliphatic carbocycles. The van der Waals surface area contributed by atoms with Crippen LogP contribution in [0.3, 0.4) is 0 Å². The van der Waals surface area contributed by atoms with E-state index in [-0.39, 0.29) is 0 Å². The molecule has 0 atom stereocenters. The topological polar surface area (TPSA) is 40.5 Å². The molecule has 3 heteroatoms. The molecule has 0 fully saturated rings. The Morgan fingerprint density at radius 3 is 2.25 bits per heavy atom. The molecule has 1 N–H and O–H groups in total. The van der Waals surface area contributed by atoms with Gasteiger partial charge in [0.15, 0.2) is 0 Å². The third-order valence-electron chi connectivity index (χ3n) is 3.01. The molecule has 0 amide bonds. The van der Waals surface area contributed by atoms with Crippen molar-refractivity contribution < 1.29 is 9.90 Å². The zero-order valence-electron chi connectivity index (χ0n) is 11.6. The second kappa shape index (κ2) is 6.06. The molecule has 0 radical (unpaired) electrons. The van der Waals surface area contributed by atoms with Gasteiger partial charge in [0.2, 0.25) is 0 Å². The number of nitrogens with zero attached hydrogens (tertiary/aromatic N) is 1. The van der Waals surface area contributed by atoms with Gasteiger partial charge < -0.3 is 10.0 Å². The maximum absolute atomic E-state index is 10.9. The quantitative estimate of drug-likeness (QED) is 0.860. The van der Waals surface area contributed by atoms with Crippen molar-refractivity contribution in [2.24, 2.45) is 0 Å². The van der Waals surface area contributed by atoms with E-state index in [2.05, 4.69) is 0 Å². The van der Waals surface area contributed by atoms with Crippen LogP contribution in [0, 0.1) is 0 Å². The van der Waals surface area contributed by atoms with Gasteiger partial charge in [-0.2, -0.15) is 0 Å². The number of rotatable bonds is 4. The molecule has 0 saturated heterocycles. The molecular weight excluding hydrogens is 250 g/mol. The molecule has 102 valence electrons. The highest BCUT2D eigenvalue weighted by molar-refractivity contribution is 5.88. The van der Waals surface area contributed by atoms with E-state index < -0.39 is 5.97 Å². The van der Waals surface area contributed by atoms with Crippen LogP contribution in [0.5, 0.6) is 0 Å². The maximum Gasteiger partial charge on any atom is 0.335 e. The number of carbonyl (C=O) groups is 1. The normalized spacial score (nSPS) is 10.7. The number of carboxylic acid groups (broad SMARTS) is 1. The molecular formula is C17H17NO2. The smallest absolute Gasteiger partial charge is 0.335 e. The summed E-state index contributed by atoms with van der Waals surface area (Å²) in [6.07, 6.45) is 3.89. The van der Waals surface area contributed by atoms with Crippen LogP contribution in [0.4, 0.5) is 5.69 Å². The fraction of sp³-hybridized carbons (Fsp3) is 0.118. The summed E-state index contributed by atoms with van der Waals surface area (Å²) in [4.78, 5) is 12.9. The molecule has 2 aromatic rings. The van der Waals surface area contributed by atoms with Crippen LogP contribution in [-0.4, -0.2) is 25.2 Å². The Morgan fingerprint density at radius 1 is 1.00 bits per heavy atom. The number of hydrogen-bond donors (Lipinski definition) is 1. The summed E-state index contributed by atoms with van der Waals surface area (Å²) < 4.78 is 0. The molecule has 2 aromatic carbocycles. The Kier molecular flexibility index (Phi) is 4.20. The zero-order valence-corrected chi connectivity index (χ0v) is 11.6. The van der Waals surface area contributed by atoms with Crippen molar-refractivity contribution >= 4 is 23.8 Å². The highest BCUT2D eigenvalue weighted by Crippen LogP contribution is 2.15. The van der Waals surface area contributed by atoms with E-state index in [9.17, 15) is 4.79 Å². The van der Waals surface area contributed by atoms with E-state index in [1.165, 1.54) is 0 Å². The summed E-state index contributed by atoms with van der Waals surface area (Å²) in [7, 11) is 4.00. The number of carboxylic acids is 1. The fourth-order valence-corrected chi connectivity index (χ4v) is 1.85. The Labute approximate surface area is 118 Å². The summed E-state index contributed by atoms with van der Waals surface area (Å²) in [5.41, 5.74) is 3.41. The van der Waals surface area contributed by atoms with Crippen molar-refractivity contribution in [3.05, 3.63) is 65.2 Å². The van der Waals surface area contributed by atoms with Crippen molar-refractivity contribution in [2.45, 2.75) is 0 Å². The summed E-state index contributed by atoms with van der Waals surface area (Å²) in [6.45, 7) is 0. The van der Waals surface area contributed by atoms with Crippen LogP contribution < -0.4 is 4.90 Å². The van der Waals surface area contributed by atoms with Crippen LogP contribution in [-0.2, 0) is 0 Å². The van der Waals surface area contributed by atoms with E-state index in [1.807, 2.05) is 61.5 Å². The molecule has 3 nitrogen and oxygen atoms in total. The minimum absolute atomic E-state index is 0.301. The lowest BCUT2D eigenvalue weighted by Crippen LogP contribution is -2.07. The third kappa shape index (κ3) is 3.48. The van der Waals surface area contributed by atoms with Crippen LogP contribution in [0.15, 0.2) is 48.5 Å². The molecule has 0 aliphatic rings. The Hall–Kier alpha value is -2.55. The first-order valence-corrected chi connectivity index (χ1v) is 6.35. The van der Waals surface area contributed by atoms with Gasteiger partial charge in [-0.15, -0.1) is 0 Å². The summed E-state index contributed by atoms with van der Waals surface area (Å²) in [5, 5.41) is 8.95. The minimum Gasteiger partial charge on any atom is -0.478 e. The average Bonchev–Trinajstić information content (AvgIpc) is 2.46. The third-order valence-corrected chi connectivity index (χ3v) is 3.01. The molecule has 0 saturated carbocycles. The summed E-state index contributed by atoms with van der Waals surface area (Å²) in [5.74, 6) is -0.907. The number of aromatic carboxylic acids is 1. The zero-order chi connectivity index (χ0) is 14.5. The Morgan fingerprint density at radius 2 is 1.65 bits per heavy atom. The van der Waals surface area contributed by atoms with Crippen molar-refractivity contribution in [2.75, 3.05) is 19.0 Å². The van der Waals surface area contributed by atoms with E-state index in [1.54, 1.807) is 18.2 Å². The van der Waals surface area contributed by atoms with Gasteiger partial charge in [-0.05, 0) is 35.4 Å². The van der Waals surface area contributed by atoms with Gasteiger partial charge in [0, 0.05) is 19.8 Å². The SMILES string of the molecule is CN(C)c1ccc(/C=C/c2cccc(C(=O)O)c2)cc1. The van der Waals surface area contributed by atoms with Crippen molar-refractivity contribution in [1.82, 2.24) is 0 Å². The van der Waals surface area contributed by atoms with E-state index in [4.69, 9.17) is 5.11 Å². The monoisotopic (exact) mass is 267 g/mol. The first-order valence-electron chi connectivity index (χ1n) is 6.35. The molecule has 2 rings (SSSR count). The summed E-state index contributed by atoms with van der Waals surface area (Å²) in [6, 6.07) is 15.1. The molecule has 0 spiro atoms. The first kappa shape index (κ1) is 13.9. The lowest BCUT2D eigenvalue weighted by Gasteiger charge is -2.11. The Bertz CT molecular complexity index is 628. The fourth-order valence-electron chi connectivity index (χ4n) is 1.85. The van der Waals surface area contributed by atoms with Gasteiger partial charge >= 0.3 is 5.97 Å². The lowest BCUT2D eigenvalue weighted by atomic mass is 10.1. The number of benzene rings is 2. The molecule has 0 bridgehead atoms. The predicted octanol–water partition coefficient (Wildman–Crippen LogP) is 3.62. The first-order chi connectivity index (χ1) is 9.56. The lowest BCUT2D eigenvalue weighted by molar-refractivity contribution is 0.0697. The molecule has 0 aromatic heterocycles. The van der Waals surface area contributed by atoms with Gasteiger partial charge in [-0.3, -0.25) is 0 Å². The molecule has 0 heterocycles. The highest BCUT2D eigenvalue weighted by atomic mass is 16.4. The van der Waals surface area contributed by atoms with Gasteiger partial charge in [0.25, 0.3) is 0 Å². The molecule has 0 aliphatic heterocycles. The highest BCUT2D eigenvalue weighted by Gasteiger charge is 2.01. The standard InChI is InChI=1S/C17H17NO2/c1-18(2)16-10-8-13(9-11-16)6-7-14-4-3-5-15(12-14)17(19)20/h3-12H,1-2H3,(H,19,20)/b7-6+. The second-order valence-electron chi connectivity index (χ2n) is 4.75. The second-order valence-corrected chi connectivity index (χ2v) is 4.75.